The third-order valence-electron chi connectivity index (χ3n) is 11.7. The van der Waals surface area contributed by atoms with Crippen molar-refractivity contribution in [2.75, 3.05) is 4.90 Å². The summed E-state index contributed by atoms with van der Waals surface area (Å²) in [5.41, 5.74) is 18.3. The van der Waals surface area contributed by atoms with Gasteiger partial charge in [0.05, 0.1) is 5.69 Å². The molecule has 0 radical (unpaired) electrons. The molecule has 56 heavy (non-hydrogen) atoms. The Balaban J connectivity index is 1.08. The first-order valence-corrected chi connectivity index (χ1v) is 19.5. The van der Waals surface area contributed by atoms with Crippen molar-refractivity contribution in [3.8, 4) is 55.6 Å². The lowest BCUT2D eigenvalue weighted by molar-refractivity contribution is 0.660. The van der Waals surface area contributed by atoms with Gasteiger partial charge in [-0.05, 0) is 108 Å². The second-order valence-corrected chi connectivity index (χ2v) is 15.4. The Labute approximate surface area is 329 Å². The van der Waals surface area contributed by atoms with Crippen molar-refractivity contribution in [2.45, 2.75) is 19.3 Å². The summed E-state index contributed by atoms with van der Waals surface area (Å²) in [6, 6.07) is 77.5. The summed E-state index contributed by atoms with van der Waals surface area (Å²) in [5, 5.41) is 2.53. The minimum absolute atomic E-state index is 0.102. The summed E-state index contributed by atoms with van der Waals surface area (Å²) in [6.45, 7) is 4.71. The van der Waals surface area contributed by atoms with Crippen LogP contribution in [0.15, 0.2) is 212 Å². The monoisotopic (exact) mass is 715 g/mol. The fourth-order valence-corrected chi connectivity index (χ4v) is 8.80. The average Bonchev–Trinajstić information content (AvgIpc) is 3.50. The number of anilines is 3. The van der Waals surface area contributed by atoms with Crippen LogP contribution in [0.3, 0.4) is 0 Å². The van der Waals surface area contributed by atoms with E-state index in [9.17, 15) is 0 Å². The lowest BCUT2D eigenvalue weighted by Crippen LogP contribution is -2.16. The van der Waals surface area contributed by atoms with E-state index < -0.39 is 0 Å². The highest BCUT2D eigenvalue weighted by atomic mass is 15.1. The molecule has 0 saturated carbocycles. The molecule has 1 heteroatoms. The van der Waals surface area contributed by atoms with Gasteiger partial charge in [-0.15, -0.1) is 0 Å². The summed E-state index contributed by atoms with van der Waals surface area (Å²) < 4.78 is 0. The molecule has 0 aliphatic heterocycles. The highest BCUT2D eigenvalue weighted by Gasteiger charge is 2.37. The smallest absolute Gasteiger partial charge is 0.0543 e. The minimum Gasteiger partial charge on any atom is -0.310 e. The number of benzene rings is 9. The quantitative estimate of drug-likeness (QED) is 0.159. The van der Waals surface area contributed by atoms with Crippen molar-refractivity contribution in [3.05, 3.63) is 223 Å². The number of rotatable bonds is 7. The van der Waals surface area contributed by atoms with Gasteiger partial charge in [0, 0.05) is 22.4 Å². The van der Waals surface area contributed by atoms with E-state index in [4.69, 9.17) is 0 Å². The van der Waals surface area contributed by atoms with Crippen LogP contribution in [0.1, 0.15) is 25.0 Å². The van der Waals surface area contributed by atoms with Crippen LogP contribution >= 0.6 is 0 Å². The zero-order valence-electron chi connectivity index (χ0n) is 31.7. The molecule has 0 bridgehead atoms. The van der Waals surface area contributed by atoms with Crippen LogP contribution < -0.4 is 4.90 Å². The van der Waals surface area contributed by atoms with E-state index in [-0.39, 0.29) is 5.41 Å². The van der Waals surface area contributed by atoms with Crippen molar-refractivity contribution in [1.82, 2.24) is 0 Å². The molecule has 0 saturated heterocycles. The van der Waals surface area contributed by atoms with E-state index in [1.807, 2.05) is 0 Å². The van der Waals surface area contributed by atoms with Crippen LogP contribution in [-0.2, 0) is 5.41 Å². The summed E-state index contributed by atoms with van der Waals surface area (Å²) in [6.07, 6.45) is 0. The first-order valence-electron chi connectivity index (χ1n) is 19.5. The van der Waals surface area contributed by atoms with Crippen molar-refractivity contribution in [2.24, 2.45) is 0 Å². The summed E-state index contributed by atoms with van der Waals surface area (Å²) >= 11 is 0. The molecule has 266 valence electrons. The Morgan fingerprint density at radius 1 is 0.339 bits per heavy atom. The predicted octanol–water partition coefficient (Wildman–Crippen LogP) is 15.3. The first-order chi connectivity index (χ1) is 27.5. The zero-order valence-corrected chi connectivity index (χ0v) is 31.7. The summed E-state index contributed by atoms with van der Waals surface area (Å²) in [7, 11) is 0. The van der Waals surface area contributed by atoms with Crippen LogP contribution in [0.4, 0.5) is 17.1 Å². The van der Waals surface area contributed by atoms with Crippen LogP contribution in [0.5, 0.6) is 0 Å². The lowest BCUT2D eigenvalue weighted by Gasteiger charge is -2.29. The molecule has 1 aliphatic rings. The molecular formula is C55H41N. The normalized spacial score (nSPS) is 12.6. The Morgan fingerprint density at radius 2 is 0.857 bits per heavy atom. The van der Waals surface area contributed by atoms with Gasteiger partial charge < -0.3 is 4.90 Å². The molecule has 1 nitrogen and oxygen atoms in total. The molecule has 9 aromatic carbocycles. The van der Waals surface area contributed by atoms with E-state index in [1.165, 1.54) is 83.2 Å². The van der Waals surface area contributed by atoms with E-state index in [1.54, 1.807) is 0 Å². The van der Waals surface area contributed by atoms with Gasteiger partial charge in [-0.25, -0.2) is 0 Å². The Kier molecular flexibility index (Phi) is 8.23. The Morgan fingerprint density at radius 3 is 1.64 bits per heavy atom. The summed E-state index contributed by atoms with van der Waals surface area (Å²) in [4.78, 5) is 2.45. The molecular weight excluding hydrogens is 675 g/mol. The number of hydrogen-bond acceptors (Lipinski definition) is 1. The zero-order chi connectivity index (χ0) is 37.6. The third kappa shape index (κ3) is 5.81. The molecule has 0 atom stereocenters. The van der Waals surface area contributed by atoms with E-state index >= 15 is 0 Å². The van der Waals surface area contributed by atoms with Gasteiger partial charge >= 0.3 is 0 Å². The van der Waals surface area contributed by atoms with Crippen molar-refractivity contribution >= 4 is 27.8 Å². The maximum absolute atomic E-state index is 2.45. The maximum Gasteiger partial charge on any atom is 0.0543 e. The molecule has 0 amide bonds. The van der Waals surface area contributed by atoms with Gasteiger partial charge in [0.25, 0.3) is 0 Å². The molecule has 0 heterocycles. The third-order valence-corrected chi connectivity index (χ3v) is 11.7. The molecule has 0 spiro atoms. The van der Waals surface area contributed by atoms with Gasteiger partial charge in [-0.1, -0.05) is 190 Å². The van der Waals surface area contributed by atoms with Crippen molar-refractivity contribution in [3.63, 3.8) is 0 Å². The number of fused-ring (bicyclic) bond motifs is 4. The minimum atomic E-state index is -0.102. The second kappa shape index (κ2) is 13.7. The first kappa shape index (κ1) is 33.6. The summed E-state index contributed by atoms with van der Waals surface area (Å²) in [5.74, 6) is 0. The van der Waals surface area contributed by atoms with Gasteiger partial charge in [0.1, 0.15) is 0 Å². The standard InChI is InChI=1S/C55H41N/c1-55(2)51-25-9-8-23-50(51)54-52(55)26-13-27-53(54)56(46-34-32-40(33-35-46)44-19-10-18-43(36-44)38-14-4-3-5-15-38)47-21-11-20-45(37-47)39-28-30-42(31-29-39)49-24-12-17-41-16-6-7-22-48(41)49/h3-37H,1-2H3. The van der Waals surface area contributed by atoms with Crippen LogP contribution in [0.2, 0.25) is 0 Å². The van der Waals surface area contributed by atoms with E-state index in [0.717, 1.165) is 11.4 Å². The Hall–Kier alpha value is -6.96. The topological polar surface area (TPSA) is 3.24 Å². The predicted molar refractivity (Wildman–Crippen MR) is 238 cm³/mol. The van der Waals surface area contributed by atoms with Crippen molar-refractivity contribution in [1.29, 1.82) is 0 Å². The van der Waals surface area contributed by atoms with Gasteiger partial charge in [0.15, 0.2) is 0 Å². The van der Waals surface area contributed by atoms with Crippen LogP contribution in [0, 0.1) is 0 Å². The Bertz CT molecular complexity index is 2860. The van der Waals surface area contributed by atoms with Crippen LogP contribution in [-0.4, -0.2) is 0 Å². The molecule has 10 rings (SSSR count). The highest BCUT2D eigenvalue weighted by molar-refractivity contribution is 5.98. The van der Waals surface area contributed by atoms with Gasteiger partial charge in [-0.3, -0.25) is 0 Å². The van der Waals surface area contributed by atoms with Crippen molar-refractivity contribution < 1.29 is 0 Å². The van der Waals surface area contributed by atoms with Gasteiger partial charge in [-0.2, -0.15) is 0 Å². The van der Waals surface area contributed by atoms with E-state index in [0.29, 0.717) is 0 Å². The molecule has 0 N–H and O–H groups in total. The lowest BCUT2D eigenvalue weighted by atomic mass is 9.82. The SMILES string of the molecule is CC1(C)c2ccccc2-c2c(N(c3ccc(-c4cccc(-c5ccccc5)c4)cc3)c3cccc(-c4ccc(-c5cccc6ccccc56)cc4)c3)cccc21. The molecule has 9 aromatic rings. The fraction of sp³-hybridized carbons (Fsp3) is 0.0545. The highest BCUT2D eigenvalue weighted by Crippen LogP contribution is 2.54. The average molecular weight is 716 g/mol. The van der Waals surface area contributed by atoms with E-state index in [2.05, 4.69) is 231 Å². The maximum atomic E-state index is 2.45. The molecule has 0 aromatic heterocycles. The molecule has 0 unspecified atom stereocenters. The largest absolute Gasteiger partial charge is 0.310 e. The number of hydrogen-bond donors (Lipinski definition) is 0. The van der Waals surface area contributed by atoms with Crippen LogP contribution in [0.25, 0.3) is 66.4 Å². The second-order valence-electron chi connectivity index (χ2n) is 15.4. The van der Waals surface area contributed by atoms with Gasteiger partial charge in [0.2, 0.25) is 0 Å². The molecule has 1 aliphatic carbocycles. The molecule has 0 fully saturated rings. The number of nitrogens with zero attached hydrogens (tertiary/aromatic N) is 1. The fourth-order valence-electron chi connectivity index (χ4n) is 8.80.